The number of hydrogen-bond acceptors (Lipinski definition) is 3. The fraction of sp³-hybridized carbons (Fsp3) is 0.286. The number of primary amides is 1. The van der Waals surface area contributed by atoms with E-state index in [1.165, 1.54) is 6.07 Å². The average Bonchev–Trinajstić information content (AvgIpc) is 2.81. The highest BCUT2D eigenvalue weighted by Gasteiger charge is 2.24. The molecule has 2 aromatic rings. The third-order valence-electron chi connectivity index (χ3n) is 3.53. The topological polar surface area (TPSA) is 72.9 Å². The summed E-state index contributed by atoms with van der Waals surface area (Å²) in [7, 11) is 0. The maximum atomic E-state index is 13.4. The van der Waals surface area contributed by atoms with E-state index >= 15 is 0 Å². The number of hydrogen-bond donors (Lipinski definition) is 2. The zero-order chi connectivity index (χ0) is 14.3. The second kappa shape index (κ2) is 4.72. The van der Waals surface area contributed by atoms with Gasteiger partial charge in [-0.3, -0.25) is 9.48 Å². The van der Waals surface area contributed by atoms with Gasteiger partial charge in [0.15, 0.2) is 0 Å². The molecule has 0 unspecified atom stereocenters. The second-order valence-electron chi connectivity index (χ2n) is 4.90. The van der Waals surface area contributed by atoms with Crippen molar-refractivity contribution in [3.05, 3.63) is 40.8 Å². The summed E-state index contributed by atoms with van der Waals surface area (Å²) in [5.74, 6) is -0.785. The molecular weight excluding hydrogens is 259 g/mol. The average molecular weight is 274 g/mol. The molecule has 3 rings (SSSR count). The third kappa shape index (κ3) is 1.98. The third-order valence-corrected chi connectivity index (χ3v) is 3.53. The van der Waals surface area contributed by atoms with E-state index < -0.39 is 5.91 Å². The fourth-order valence-electron chi connectivity index (χ4n) is 2.51. The normalized spacial score (nSPS) is 14.1. The van der Waals surface area contributed by atoms with Crippen molar-refractivity contribution in [1.82, 2.24) is 15.1 Å². The second-order valence-corrected chi connectivity index (χ2v) is 4.90. The number of carbonyl (C=O) groups is 1. The lowest BCUT2D eigenvalue weighted by molar-refractivity contribution is 0.0999. The van der Waals surface area contributed by atoms with Gasteiger partial charge in [-0.05, 0) is 30.7 Å². The van der Waals surface area contributed by atoms with Crippen LogP contribution in [0.15, 0.2) is 18.2 Å². The molecular formula is C14H15FN4O. The minimum absolute atomic E-state index is 0.278. The van der Waals surface area contributed by atoms with Crippen LogP contribution in [-0.2, 0) is 13.1 Å². The lowest BCUT2D eigenvalue weighted by Crippen LogP contribution is -2.30. The molecule has 1 aromatic heterocycles. The van der Waals surface area contributed by atoms with Crippen molar-refractivity contribution in [3.8, 4) is 11.3 Å². The number of benzene rings is 1. The van der Waals surface area contributed by atoms with Gasteiger partial charge in [0, 0.05) is 18.7 Å². The molecule has 1 amide bonds. The quantitative estimate of drug-likeness (QED) is 0.864. The molecule has 0 saturated carbocycles. The van der Waals surface area contributed by atoms with Crippen LogP contribution in [0, 0.1) is 12.7 Å². The van der Waals surface area contributed by atoms with Crippen LogP contribution in [0.1, 0.15) is 21.6 Å². The molecule has 1 aliphatic heterocycles. The monoisotopic (exact) mass is 274 g/mol. The van der Waals surface area contributed by atoms with Crippen LogP contribution in [-0.4, -0.2) is 22.2 Å². The molecule has 6 heteroatoms. The Morgan fingerprint density at radius 2 is 2.30 bits per heavy atom. The molecule has 5 nitrogen and oxygen atoms in total. The lowest BCUT2D eigenvalue weighted by Gasteiger charge is -2.15. The van der Waals surface area contributed by atoms with Crippen LogP contribution in [0.5, 0.6) is 0 Å². The van der Waals surface area contributed by atoms with Crippen LogP contribution < -0.4 is 11.1 Å². The molecule has 1 aromatic carbocycles. The Bertz CT molecular complexity index is 693. The molecule has 3 N–H and O–H groups in total. The summed E-state index contributed by atoms with van der Waals surface area (Å²) in [6, 6.07) is 4.69. The van der Waals surface area contributed by atoms with E-state index in [0.29, 0.717) is 35.5 Å². The van der Waals surface area contributed by atoms with Crippen molar-refractivity contribution in [2.45, 2.75) is 20.0 Å². The molecule has 104 valence electrons. The highest BCUT2D eigenvalue weighted by molar-refractivity contribution is 6.00. The van der Waals surface area contributed by atoms with Gasteiger partial charge in [0.05, 0.1) is 17.8 Å². The largest absolute Gasteiger partial charge is 0.365 e. The van der Waals surface area contributed by atoms with E-state index in [9.17, 15) is 9.18 Å². The number of aryl methyl sites for hydroxylation is 1. The van der Waals surface area contributed by atoms with Crippen molar-refractivity contribution >= 4 is 5.91 Å². The highest BCUT2D eigenvalue weighted by Crippen LogP contribution is 2.27. The van der Waals surface area contributed by atoms with E-state index in [1.807, 2.05) is 0 Å². The van der Waals surface area contributed by atoms with Gasteiger partial charge in [-0.1, -0.05) is 0 Å². The van der Waals surface area contributed by atoms with Crippen LogP contribution >= 0.6 is 0 Å². The lowest BCUT2D eigenvalue weighted by atomic mass is 10.0. The molecule has 0 saturated heterocycles. The standard InChI is InChI=1S/C14H15FN4O/c1-8-6-9(2-3-10(8)15)13-12(14(16)20)11-7-17-4-5-19(11)18-13/h2-3,6,17H,4-5,7H2,1H3,(H2,16,20). The molecule has 0 fully saturated rings. The zero-order valence-corrected chi connectivity index (χ0v) is 11.1. The van der Waals surface area contributed by atoms with Crippen molar-refractivity contribution in [1.29, 1.82) is 0 Å². The number of nitrogens with two attached hydrogens (primary N) is 1. The van der Waals surface area contributed by atoms with Gasteiger partial charge in [0.25, 0.3) is 5.91 Å². The summed E-state index contributed by atoms with van der Waals surface area (Å²) in [6.45, 7) is 3.73. The SMILES string of the molecule is Cc1cc(-c2nn3c(c2C(N)=O)CNCC3)ccc1F. The smallest absolute Gasteiger partial charge is 0.252 e. The zero-order valence-electron chi connectivity index (χ0n) is 11.1. The maximum Gasteiger partial charge on any atom is 0.252 e. The van der Waals surface area contributed by atoms with E-state index in [0.717, 1.165) is 12.2 Å². The molecule has 20 heavy (non-hydrogen) atoms. The summed E-state index contributed by atoms with van der Waals surface area (Å²) in [5.41, 5.74) is 8.46. The highest BCUT2D eigenvalue weighted by atomic mass is 19.1. The van der Waals surface area contributed by atoms with Gasteiger partial charge in [-0.2, -0.15) is 5.10 Å². The summed E-state index contributed by atoms with van der Waals surface area (Å²) in [4.78, 5) is 11.7. The molecule has 1 aliphatic rings. The van der Waals surface area contributed by atoms with E-state index in [-0.39, 0.29) is 5.82 Å². The van der Waals surface area contributed by atoms with Gasteiger partial charge in [-0.15, -0.1) is 0 Å². The number of halogens is 1. The number of rotatable bonds is 2. The van der Waals surface area contributed by atoms with Crippen LogP contribution in [0.2, 0.25) is 0 Å². The van der Waals surface area contributed by atoms with Crippen molar-refractivity contribution in [2.75, 3.05) is 6.54 Å². The van der Waals surface area contributed by atoms with Gasteiger partial charge in [0.1, 0.15) is 11.5 Å². The molecule has 0 bridgehead atoms. The summed E-state index contributed by atoms with van der Waals surface area (Å²) >= 11 is 0. The number of aromatic nitrogens is 2. The Morgan fingerprint density at radius 3 is 3.00 bits per heavy atom. The number of nitrogens with one attached hydrogen (secondary N) is 1. The summed E-state index contributed by atoms with van der Waals surface area (Å²) < 4.78 is 15.2. The van der Waals surface area contributed by atoms with Crippen molar-refractivity contribution in [2.24, 2.45) is 5.73 Å². The Labute approximate surface area is 115 Å². The fourth-order valence-corrected chi connectivity index (χ4v) is 2.51. The summed E-state index contributed by atoms with van der Waals surface area (Å²) in [5, 5.41) is 7.66. The maximum absolute atomic E-state index is 13.4. The van der Waals surface area contributed by atoms with Crippen molar-refractivity contribution in [3.63, 3.8) is 0 Å². The number of carbonyl (C=O) groups excluding carboxylic acids is 1. The minimum atomic E-state index is -0.507. The van der Waals surface area contributed by atoms with Gasteiger partial charge >= 0.3 is 0 Å². The van der Waals surface area contributed by atoms with E-state index in [4.69, 9.17) is 5.73 Å². The Hall–Kier alpha value is -2.21. The van der Waals surface area contributed by atoms with Gasteiger partial charge < -0.3 is 11.1 Å². The van der Waals surface area contributed by atoms with E-state index in [2.05, 4.69) is 10.4 Å². The van der Waals surface area contributed by atoms with Crippen molar-refractivity contribution < 1.29 is 9.18 Å². The van der Waals surface area contributed by atoms with Crippen LogP contribution in [0.25, 0.3) is 11.3 Å². The first-order valence-electron chi connectivity index (χ1n) is 6.44. The van der Waals surface area contributed by atoms with Crippen LogP contribution in [0.4, 0.5) is 4.39 Å². The molecule has 0 aliphatic carbocycles. The predicted octanol–water partition coefficient (Wildman–Crippen LogP) is 1.20. The first kappa shape index (κ1) is 12.8. The number of fused-ring (bicyclic) bond motifs is 1. The Morgan fingerprint density at radius 1 is 1.50 bits per heavy atom. The molecule has 0 atom stereocenters. The van der Waals surface area contributed by atoms with Gasteiger partial charge in [0.2, 0.25) is 0 Å². The number of nitrogens with zero attached hydrogens (tertiary/aromatic N) is 2. The Balaban J connectivity index is 2.19. The molecule has 0 radical (unpaired) electrons. The number of amides is 1. The summed E-state index contributed by atoms with van der Waals surface area (Å²) in [6.07, 6.45) is 0. The van der Waals surface area contributed by atoms with Crippen LogP contribution in [0.3, 0.4) is 0 Å². The van der Waals surface area contributed by atoms with E-state index in [1.54, 1.807) is 23.7 Å². The molecule has 0 spiro atoms. The molecule has 2 heterocycles. The van der Waals surface area contributed by atoms with Gasteiger partial charge in [-0.25, -0.2) is 4.39 Å². The Kier molecular flexibility index (Phi) is 3.02. The predicted molar refractivity (Wildman–Crippen MR) is 72.6 cm³/mol. The minimum Gasteiger partial charge on any atom is -0.365 e. The first-order chi connectivity index (χ1) is 9.58. The first-order valence-corrected chi connectivity index (χ1v) is 6.44.